The Morgan fingerprint density at radius 3 is 2.27 bits per heavy atom. The van der Waals surface area contributed by atoms with E-state index in [1.54, 1.807) is 25.3 Å². The molecule has 8 nitrogen and oxygen atoms in total. The van der Waals surface area contributed by atoms with Crippen molar-refractivity contribution in [2.45, 2.75) is 44.9 Å². The Labute approximate surface area is 308 Å². The Morgan fingerprint density at radius 2 is 1.52 bits per heavy atom. The monoisotopic (exact) mass is 722 g/mol. The number of rotatable bonds is 21. The fourth-order valence-corrected chi connectivity index (χ4v) is 6.58. The number of nitrogens with one attached hydrogen (secondary N) is 1. The Balaban J connectivity index is 1.09. The summed E-state index contributed by atoms with van der Waals surface area (Å²) >= 11 is 0. The molecule has 0 bridgehead atoms. The summed E-state index contributed by atoms with van der Waals surface area (Å²) in [6, 6.07) is 37.6. The van der Waals surface area contributed by atoms with Gasteiger partial charge in [-0.25, -0.2) is 8.42 Å². The van der Waals surface area contributed by atoms with Crippen LogP contribution in [-0.2, 0) is 27.9 Å². The van der Waals surface area contributed by atoms with Gasteiger partial charge in [0.1, 0.15) is 18.1 Å². The van der Waals surface area contributed by atoms with Crippen LogP contribution in [0.4, 0.5) is 5.69 Å². The molecule has 9 heteroatoms. The van der Waals surface area contributed by atoms with Gasteiger partial charge in [0.2, 0.25) is 10.0 Å². The van der Waals surface area contributed by atoms with Crippen LogP contribution >= 0.6 is 0 Å². The van der Waals surface area contributed by atoms with Crippen LogP contribution in [0.3, 0.4) is 0 Å². The van der Waals surface area contributed by atoms with Gasteiger partial charge in [-0.2, -0.15) is 0 Å². The van der Waals surface area contributed by atoms with Crippen molar-refractivity contribution in [1.29, 1.82) is 0 Å². The number of anilines is 1. The third-order valence-corrected chi connectivity index (χ3v) is 9.30. The molecule has 0 fully saturated rings. The van der Waals surface area contributed by atoms with Gasteiger partial charge in [0.25, 0.3) is 0 Å². The number of nitrogens with zero attached hydrogens (tertiary/aromatic N) is 1. The first kappa shape index (κ1) is 38.6. The molecule has 0 saturated carbocycles. The summed E-state index contributed by atoms with van der Waals surface area (Å²) in [5.41, 5.74) is 4.20. The molecular weight excluding hydrogens is 673 g/mol. The van der Waals surface area contributed by atoms with Crippen molar-refractivity contribution in [3.8, 4) is 11.5 Å². The van der Waals surface area contributed by atoms with Gasteiger partial charge in [0, 0.05) is 19.7 Å². The zero-order valence-electron chi connectivity index (χ0n) is 30.1. The number of fused-ring (bicyclic) bond motifs is 1. The van der Waals surface area contributed by atoms with E-state index in [9.17, 15) is 13.5 Å². The first-order valence-corrected chi connectivity index (χ1v) is 19.7. The van der Waals surface area contributed by atoms with E-state index in [1.807, 2.05) is 60.7 Å². The molecule has 1 atom stereocenters. The SMILES string of the molecule is COc1ccc2cc(C=CCOCCCCCCN(Cc3ccccc3)CC(O)c3ccc(OCc4ccccc4)c(NS(C)(=O)=O)c3)ccc2c1. The second-order valence-electron chi connectivity index (χ2n) is 13.0. The number of hydrogen-bond acceptors (Lipinski definition) is 7. The molecule has 52 heavy (non-hydrogen) atoms. The van der Waals surface area contributed by atoms with Gasteiger partial charge in [-0.1, -0.05) is 110 Å². The Bertz CT molecular complexity index is 1970. The second-order valence-corrected chi connectivity index (χ2v) is 14.8. The normalized spacial score (nSPS) is 12.4. The van der Waals surface area contributed by atoms with Crippen molar-refractivity contribution in [2.24, 2.45) is 0 Å². The van der Waals surface area contributed by atoms with Crippen molar-refractivity contribution >= 4 is 32.6 Å². The molecule has 0 aliphatic heterocycles. The van der Waals surface area contributed by atoms with E-state index in [-0.39, 0.29) is 6.61 Å². The lowest BCUT2D eigenvalue weighted by molar-refractivity contribution is 0.107. The van der Waals surface area contributed by atoms with Crippen LogP contribution in [0.5, 0.6) is 11.5 Å². The van der Waals surface area contributed by atoms with E-state index in [0.717, 1.165) is 60.7 Å². The van der Waals surface area contributed by atoms with E-state index < -0.39 is 16.1 Å². The first-order chi connectivity index (χ1) is 25.3. The van der Waals surface area contributed by atoms with Gasteiger partial charge in [-0.15, -0.1) is 0 Å². The third-order valence-electron chi connectivity index (χ3n) is 8.71. The maximum Gasteiger partial charge on any atom is 0.229 e. The summed E-state index contributed by atoms with van der Waals surface area (Å²) in [5, 5.41) is 13.7. The molecule has 5 aromatic carbocycles. The van der Waals surface area contributed by atoms with Crippen molar-refractivity contribution in [3.63, 3.8) is 0 Å². The minimum Gasteiger partial charge on any atom is -0.497 e. The number of aliphatic hydroxyl groups is 1. The fourth-order valence-electron chi connectivity index (χ4n) is 6.02. The summed E-state index contributed by atoms with van der Waals surface area (Å²) < 4.78 is 44.1. The average molecular weight is 723 g/mol. The summed E-state index contributed by atoms with van der Waals surface area (Å²) in [6.07, 6.45) is 8.52. The molecule has 0 aromatic heterocycles. The van der Waals surface area contributed by atoms with Crippen LogP contribution in [0.15, 0.2) is 121 Å². The van der Waals surface area contributed by atoms with Crippen molar-refractivity contribution in [3.05, 3.63) is 144 Å². The molecule has 274 valence electrons. The highest BCUT2D eigenvalue weighted by Gasteiger charge is 2.18. The fraction of sp³-hybridized carbons (Fsp3) is 0.302. The smallest absolute Gasteiger partial charge is 0.229 e. The lowest BCUT2D eigenvalue weighted by Crippen LogP contribution is -2.29. The van der Waals surface area contributed by atoms with Gasteiger partial charge in [0.15, 0.2) is 0 Å². The molecule has 0 radical (unpaired) electrons. The largest absolute Gasteiger partial charge is 0.497 e. The molecule has 0 aliphatic rings. The number of sulfonamides is 1. The van der Waals surface area contributed by atoms with Gasteiger partial charge in [-0.05, 0) is 82.7 Å². The van der Waals surface area contributed by atoms with Gasteiger partial charge >= 0.3 is 0 Å². The number of ether oxygens (including phenoxy) is 3. The van der Waals surface area contributed by atoms with Crippen LogP contribution in [-0.4, -0.2) is 58.1 Å². The minimum atomic E-state index is -3.57. The lowest BCUT2D eigenvalue weighted by atomic mass is 10.1. The molecular formula is C43H50N2O6S. The van der Waals surface area contributed by atoms with Gasteiger partial charge in [0.05, 0.1) is 31.8 Å². The third kappa shape index (κ3) is 12.8. The standard InChI is InChI=1S/C43H50N2O6S/c1-49-40-23-21-37-28-34(19-20-38(37)29-40)18-13-27-50-26-12-4-3-11-25-45(31-35-14-7-5-8-15-35)32-42(46)39-22-24-43(41(30-39)44-52(2,47)48)51-33-36-16-9-6-10-17-36/h5-10,13-24,28-30,42,44,46H,3-4,11-12,25-27,31-33H2,1-2H3. The summed E-state index contributed by atoms with van der Waals surface area (Å²) in [6.45, 7) is 3.50. The summed E-state index contributed by atoms with van der Waals surface area (Å²) in [7, 11) is -1.89. The highest BCUT2D eigenvalue weighted by atomic mass is 32.2. The van der Waals surface area contributed by atoms with E-state index in [0.29, 0.717) is 43.3 Å². The van der Waals surface area contributed by atoms with Crippen LogP contribution in [0.1, 0.15) is 54.0 Å². The molecule has 0 heterocycles. The Hall–Kier alpha value is -4.67. The number of methoxy groups -OCH3 is 1. The minimum absolute atomic E-state index is 0.290. The Kier molecular flexibility index (Phi) is 14.7. The van der Waals surface area contributed by atoms with Crippen molar-refractivity contribution < 1.29 is 27.7 Å². The molecule has 2 N–H and O–H groups in total. The molecule has 1 unspecified atom stereocenters. The topological polar surface area (TPSA) is 97.3 Å². The van der Waals surface area contributed by atoms with Gasteiger partial charge < -0.3 is 19.3 Å². The van der Waals surface area contributed by atoms with E-state index in [1.165, 1.54) is 10.9 Å². The van der Waals surface area contributed by atoms with E-state index >= 15 is 0 Å². The van der Waals surface area contributed by atoms with Gasteiger partial charge in [-0.3, -0.25) is 9.62 Å². The molecule has 5 rings (SSSR count). The number of benzene rings is 5. The van der Waals surface area contributed by atoms with Crippen LogP contribution in [0.25, 0.3) is 16.8 Å². The van der Waals surface area contributed by atoms with Crippen molar-refractivity contribution in [1.82, 2.24) is 4.90 Å². The maximum absolute atomic E-state index is 12.2. The van der Waals surface area contributed by atoms with Crippen molar-refractivity contribution in [2.75, 3.05) is 44.4 Å². The van der Waals surface area contributed by atoms with E-state index in [4.69, 9.17) is 14.2 Å². The molecule has 0 aliphatic carbocycles. The number of aliphatic hydroxyl groups excluding tert-OH is 1. The zero-order chi connectivity index (χ0) is 36.6. The highest BCUT2D eigenvalue weighted by molar-refractivity contribution is 7.92. The van der Waals surface area contributed by atoms with Crippen LogP contribution in [0.2, 0.25) is 0 Å². The average Bonchev–Trinajstić information content (AvgIpc) is 3.14. The van der Waals surface area contributed by atoms with E-state index in [2.05, 4.69) is 58.2 Å². The summed E-state index contributed by atoms with van der Waals surface area (Å²) in [5.74, 6) is 1.26. The highest BCUT2D eigenvalue weighted by Crippen LogP contribution is 2.31. The molecule has 5 aromatic rings. The number of hydrogen-bond donors (Lipinski definition) is 2. The lowest BCUT2D eigenvalue weighted by Gasteiger charge is -2.26. The first-order valence-electron chi connectivity index (χ1n) is 17.8. The zero-order valence-corrected chi connectivity index (χ0v) is 30.9. The predicted octanol–water partition coefficient (Wildman–Crippen LogP) is 8.62. The molecule has 0 saturated heterocycles. The second kappa shape index (κ2) is 19.8. The number of unbranched alkanes of at least 4 members (excludes halogenated alkanes) is 3. The predicted molar refractivity (Wildman–Crippen MR) is 211 cm³/mol. The molecule has 0 amide bonds. The van der Waals surface area contributed by atoms with Crippen LogP contribution in [0, 0.1) is 0 Å². The maximum atomic E-state index is 12.2. The summed E-state index contributed by atoms with van der Waals surface area (Å²) in [4.78, 5) is 2.26. The quantitative estimate of drug-likeness (QED) is 0.0733. The molecule has 0 spiro atoms. The van der Waals surface area contributed by atoms with Crippen LogP contribution < -0.4 is 14.2 Å². The Morgan fingerprint density at radius 1 is 0.808 bits per heavy atom.